The third kappa shape index (κ3) is 3.69. The SMILES string of the molecule is CC(C)c1ccc(C2CCC/C(=C\C(=O)O)C2)cc1. The molecule has 0 heterocycles. The highest BCUT2D eigenvalue weighted by molar-refractivity contribution is 5.80. The Balaban J connectivity index is 2.11. The van der Waals surface area contributed by atoms with Crippen LogP contribution in [0.4, 0.5) is 0 Å². The van der Waals surface area contributed by atoms with E-state index in [4.69, 9.17) is 5.11 Å². The lowest BCUT2D eigenvalue weighted by Gasteiger charge is -2.24. The summed E-state index contributed by atoms with van der Waals surface area (Å²) in [6.45, 7) is 4.40. The molecule has 0 aromatic heterocycles. The van der Waals surface area contributed by atoms with E-state index in [0.717, 1.165) is 31.3 Å². The van der Waals surface area contributed by atoms with Crippen LogP contribution in [0, 0.1) is 0 Å². The Kier molecular flexibility index (Phi) is 4.41. The lowest BCUT2D eigenvalue weighted by atomic mass is 9.80. The van der Waals surface area contributed by atoms with Crippen molar-refractivity contribution >= 4 is 5.97 Å². The van der Waals surface area contributed by atoms with Crippen molar-refractivity contribution in [3.05, 3.63) is 47.0 Å². The highest BCUT2D eigenvalue weighted by Crippen LogP contribution is 2.36. The summed E-state index contributed by atoms with van der Waals surface area (Å²) in [4.78, 5) is 10.8. The van der Waals surface area contributed by atoms with Crippen molar-refractivity contribution in [1.82, 2.24) is 0 Å². The van der Waals surface area contributed by atoms with Gasteiger partial charge in [-0.25, -0.2) is 4.79 Å². The van der Waals surface area contributed by atoms with Gasteiger partial charge in [0.15, 0.2) is 0 Å². The summed E-state index contributed by atoms with van der Waals surface area (Å²) in [5.74, 6) is 0.231. The second-order valence-electron chi connectivity index (χ2n) is 5.76. The van der Waals surface area contributed by atoms with Gasteiger partial charge in [-0.15, -0.1) is 0 Å². The summed E-state index contributed by atoms with van der Waals surface area (Å²) in [5, 5.41) is 8.84. The number of benzene rings is 1. The average Bonchev–Trinajstić information content (AvgIpc) is 2.38. The van der Waals surface area contributed by atoms with E-state index in [9.17, 15) is 4.79 Å². The number of carbonyl (C=O) groups is 1. The van der Waals surface area contributed by atoms with Crippen molar-refractivity contribution in [3.63, 3.8) is 0 Å². The van der Waals surface area contributed by atoms with Crippen LogP contribution in [-0.2, 0) is 4.79 Å². The van der Waals surface area contributed by atoms with Gasteiger partial charge in [0.1, 0.15) is 0 Å². The molecule has 0 saturated heterocycles. The maximum absolute atomic E-state index is 10.8. The molecule has 0 amide bonds. The summed E-state index contributed by atoms with van der Waals surface area (Å²) >= 11 is 0. The number of aliphatic carboxylic acids is 1. The minimum atomic E-state index is -0.814. The lowest BCUT2D eigenvalue weighted by Crippen LogP contribution is -2.08. The molecule has 2 nitrogen and oxygen atoms in total. The molecule has 0 bridgehead atoms. The maximum Gasteiger partial charge on any atom is 0.328 e. The first-order chi connectivity index (χ1) is 9.06. The second-order valence-corrected chi connectivity index (χ2v) is 5.76. The number of carboxylic acids is 1. The van der Waals surface area contributed by atoms with Crippen LogP contribution >= 0.6 is 0 Å². The Morgan fingerprint density at radius 1 is 1.32 bits per heavy atom. The average molecular weight is 258 g/mol. The Bertz CT molecular complexity index is 469. The van der Waals surface area contributed by atoms with Crippen LogP contribution in [0.2, 0.25) is 0 Å². The minimum absolute atomic E-state index is 0.487. The van der Waals surface area contributed by atoms with E-state index in [1.165, 1.54) is 17.2 Å². The molecule has 1 aliphatic rings. The molecule has 19 heavy (non-hydrogen) atoms. The topological polar surface area (TPSA) is 37.3 Å². The maximum atomic E-state index is 10.8. The van der Waals surface area contributed by atoms with Gasteiger partial charge in [-0.05, 0) is 48.6 Å². The van der Waals surface area contributed by atoms with E-state index in [-0.39, 0.29) is 0 Å². The molecule has 1 aromatic carbocycles. The highest BCUT2D eigenvalue weighted by atomic mass is 16.4. The normalized spacial score (nSPS) is 21.8. The van der Waals surface area contributed by atoms with Crippen LogP contribution in [0.15, 0.2) is 35.9 Å². The summed E-state index contributed by atoms with van der Waals surface area (Å²) < 4.78 is 0. The molecular weight excluding hydrogens is 236 g/mol. The first kappa shape index (κ1) is 13.9. The molecule has 1 aliphatic carbocycles. The van der Waals surface area contributed by atoms with Gasteiger partial charge in [0.2, 0.25) is 0 Å². The highest BCUT2D eigenvalue weighted by Gasteiger charge is 2.19. The summed E-state index contributed by atoms with van der Waals surface area (Å²) in [5.41, 5.74) is 3.79. The van der Waals surface area contributed by atoms with Crippen LogP contribution in [-0.4, -0.2) is 11.1 Å². The molecule has 2 rings (SSSR count). The monoisotopic (exact) mass is 258 g/mol. The first-order valence-corrected chi connectivity index (χ1v) is 7.08. The molecule has 0 aliphatic heterocycles. The van der Waals surface area contributed by atoms with Gasteiger partial charge in [0.05, 0.1) is 0 Å². The minimum Gasteiger partial charge on any atom is -0.478 e. The standard InChI is InChI=1S/C17H22O2/c1-12(2)14-6-8-15(9-7-14)16-5-3-4-13(10-16)11-17(18)19/h6-9,11-12,16H,3-5,10H2,1-2H3,(H,18,19)/b13-11+. The Morgan fingerprint density at radius 3 is 2.58 bits per heavy atom. The molecule has 0 spiro atoms. The largest absolute Gasteiger partial charge is 0.478 e. The fourth-order valence-electron chi connectivity index (χ4n) is 2.84. The zero-order chi connectivity index (χ0) is 13.8. The van der Waals surface area contributed by atoms with Crippen molar-refractivity contribution in [2.75, 3.05) is 0 Å². The predicted octanol–water partition coefficient (Wildman–Crippen LogP) is 4.48. The molecule has 2 heteroatoms. The molecule has 1 fully saturated rings. The van der Waals surface area contributed by atoms with Crippen molar-refractivity contribution in [2.24, 2.45) is 0 Å². The van der Waals surface area contributed by atoms with Gasteiger partial charge >= 0.3 is 5.97 Å². The molecule has 102 valence electrons. The van der Waals surface area contributed by atoms with E-state index in [1.54, 1.807) is 0 Å². The van der Waals surface area contributed by atoms with Crippen LogP contribution < -0.4 is 0 Å². The molecular formula is C17H22O2. The van der Waals surface area contributed by atoms with Gasteiger partial charge < -0.3 is 5.11 Å². The zero-order valence-electron chi connectivity index (χ0n) is 11.7. The van der Waals surface area contributed by atoms with Crippen molar-refractivity contribution in [1.29, 1.82) is 0 Å². The van der Waals surface area contributed by atoms with Crippen LogP contribution in [0.3, 0.4) is 0 Å². The van der Waals surface area contributed by atoms with E-state index < -0.39 is 5.97 Å². The van der Waals surface area contributed by atoms with Crippen molar-refractivity contribution < 1.29 is 9.90 Å². The van der Waals surface area contributed by atoms with Gasteiger partial charge in [-0.3, -0.25) is 0 Å². The lowest BCUT2D eigenvalue weighted by molar-refractivity contribution is -0.131. The van der Waals surface area contributed by atoms with E-state index >= 15 is 0 Å². The fourth-order valence-corrected chi connectivity index (χ4v) is 2.84. The molecule has 1 unspecified atom stereocenters. The van der Waals surface area contributed by atoms with Crippen LogP contribution in [0.1, 0.15) is 62.5 Å². The number of carboxylic acid groups (broad SMARTS) is 1. The van der Waals surface area contributed by atoms with E-state index in [0.29, 0.717) is 11.8 Å². The Hall–Kier alpha value is -1.57. The Labute approximate surface area is 115 Å². The molecule has 1 N–H and O–H groups in total. The van der Waals surface area contributed by atoms with Crippen LogP contribution in [0.5, 0.6) is 0 Å². The number of hydrogen-bond donors (Lipinski definition) is 1. The molecule has 1 atom stereocenters. The van der Waals surface area contributed by atoms with Crippen molar-refractivity contribution in [3.8, 4) is 0 Å². The number of hydrogen-bond acceptors (Lipinski definition) is 1. The van der Waals surface area contributed by atoms with E-state index in [2.05, 4.69) is 38.1 Å². The third-order valence-corrected chi connectivity index (χ3v) is 3.96. The first-order valence-electron chi connectivity index (χ1n) is 7.08. The number of rotatable bonds is 3. The third-order valence-electron chi connectivity index (χ3n) is 3.96. The second kappa shape index (κ2) is 6.05. The molecule has 0 radical (unpaired) electrons. The fraction of sp³-hybridized carbons (Fsp3) is 0.471. The van der Waals surface area contributed by atoms with Gasteiger partial charge in [-0.1, -0.05) is 43.7 Å². The van der Waals surface area contributed by atoms with Gasteiger partial charge in [0.25, 0.3) is 0 Å². The van der Waals surface area contributed by atoms with E-state index in [1.807, 2.05) is 0 Å². The van der Waals surface area contributed by atoms with Gasteiger partial charge in [0, 0.05) is 6.08 Å². The molecule has 1 aromatic rings. The number of allylic oxidation sites excluding steroid dienone is 1. The van der Waals surface area contributed by atoms with Gasteiger partial charge in [-0.2, -0.15) is 0 Å². The summed E-state index contributed by atoms with van der Waals surface area (Å²) in [6.07, 6.45) is 5.49. The summed E-state index contributed by atoms with van der Waals surface area (Å²) in [7, 11) is 0. The zero-order valence-corrected chi connectivity index (χ0v) is 11.7. The van der Waals surface area contributed by atoms with Crippen LogP contribution in [0.25, 0.3) is 0 Å². The quantitative estimate of drug-likeness (QED) is 0.812. The smallest absolute Gasteiger partial charge is 0.328 e. The Morgan fingerprint density at radius 2 is 2.00 bits per heavy atom. The predicted molar refractivity (Wildman–Crippen MR) is 77.5 cm³/mol. The summed E-state index contributed by atoms with van der Waals surface area (Å²) in [6, 6.07) is 8.83. The molecule has 1 saturated carbocycles. The van der Waals surface area contributed by atoms with Crippen molar-refractivity contribution in [2.45, 2.75) is 51.4 Å².